The van der Waals surface area contributed by atoms with Crippen molar-refractivity contribution in [3.63, 3.8) is 0 Å². The Morgan fingerprint density at radius 1 is 1.08 bits per heavy atom. The van der Waals surface area contributed by atoms with E-state index >= 15 is 0 Å². The Morgan fingerprint density at radius 3 is 3.08 bits per heavy atom. The summed E-state index contributed by atoms with van der Waals surface area (Å²) in [5.74, 6) is 0. The summed E-state index contributed by atoms with van der Waals surface area (Å²) < 4.78 is 0. The Morgan fingerprint density at radius 2 is 2.08 bits per heavy atom. The summed E-state index contributed by atoms with van der Waals surface area (Å²) in [5.41, 5.74) is 5.38. The molecule has 0 heteroatoms. The highest BCUT2D eigenvalue weighted by atomic mass is 14.2. The molecule has 13 heavy (non-hydrogen) atoms. The number of hydrogen-bond donors (Lipinski definition) is 0. The first-order valence-corrected chi connectivity index (χ1v) is 4.44. The van der Waals surface area contributed by atoms with Crippen LogP contribution >= 0.6 is 0 Å². The Labute approximate surface area is 77.8 Å². The van der Waals surface area contributed by atoms with Gasteiger partial charge in [-0.2, -0.15) is 0 Å². The number of hydrogen-bond acceptors (Lipinski definition) is 0. The van der Waals surface area contributed by atoms with Crippen molar-refractivity contribution in [2.45, 2.75) is 6.42 Å². The summed E-state index contributed by atoms with van der Waals surface area (Å²) in [4.78, 5) is 0. The molecule has 0 nitrogen and oxygen atoms in total. The van der Waals surface area contributed by atoms with Crippen LogP contribution in [0.3, 0.4) is 0 Å². The van der Waals surface area contributed by atoms with E-state index in [1.54, 1.807) is 0 Å². The standard InChI is InChI=1S/C13H8/c1-3-7-12-10(5-1)9-11-6-2-4-8-13(11)12/h1,3-4,6-8H,9H2. The van der Waals surface area contributed by atoms with Gasteiger partial charge in [-0.1, -0.05) is 36.4 Å². The Balaban J connectivity index is 2.32. The summed E-state index contributed by atoms with van der Waals surface area (Å²) >= 11 is 0. The van der Waals surface area contributed by atoms with Crippen LogP contribution in [0.4, 0.5) is 0 Å². The number of rotatable bonds is 0. The fourth-order valence-electron chi connectivity index (χ4n) is 1.93. The minimum Gasteiger partial charge on any atom is -0.0610 e. The molecule has 1 aliphatic carbocycles. The van der Waals surface area contributed by atoms with Gasteiger partial charge in [0.15, 0.2) is 0 Å². The van der Waals surface area contributed by atoms with Gasteiger partial charge in [0.25, 0.3) is 0 Å². The predicted octanol–water partition coefficient (Wildman–Crippen LogP) is 2.86. The van der Waals surface area contributed by atoms with Crippen LogP contribution in [-0.2, 0) is 6.42 Å². The highest BCUT2D eigenvalue weighted by Crippen LogP contribution is 2.35. The zero-order valence-corrected chi connectivity index (χ0v) is 7.17. The first-order valence-electron chi connectivity index (χ1n) is 4.44. The van der Waals surface area contributed by atoms with Gasteiger partial charge in [-0.05, 0) is 40.8 Å². The maximum atomic E-state index is 3.28. The number of benzene rings is 2. The monoisotopic (exact) mass is 164 g/mol. The Bertz CT molecular complexity index is 412. The molecule has 0 saturated carbocycles. The van der Waals surface area contributed by atoms with E-state index in [2.05, 4.69) is 30.3 Å². The van der Waals surface area contributed by atoms with Gasteiger partial charge in [0.2, 0.25) is 0 Å². The van der Waals surface area contributed by atoms with Gasteiger partial charge >= 0.3 is 0 Å². The normalized spacial score (nSPS) is 12.3. The third kappa shape index (κ3) is 0.919. The summed E-state index contributed by atoms with van der Waals surface area (Å²) in [6, 6.07) is 18.8. The SMILES string of the molecule is [c]1ccc2c(c1)Cc1[c]cccc1-2. The largest absolute Gasteiger partial charge is 0.0610 e. The third-order valence-corrected chi connectivity index (χ3v) is 2.55. The van der Waals surface area contributed by atoms with Crippen molar-refractivity contribution in [2.24, 2.45) is 0 Å². The van der Waals surface area contributed by atoms with E-state index in [-0.39, 0.29) is 0 Å². The van der Waals surface area contributed by atoms with E-state index in [0.29, 0.717) is 0 Å². The van der Waals surface area contributed by atoms with E-state index in [4.69, 9.17) is 0 Å². The first kappa shape index (κ1) is 6.90. The molecule has 2 radical (unpaired) electrons. The molecule has 1 aliphatic rings. The lowest BCUT2D eigenvalue weighted by Crippen LogP contribution is -1.78. The molecule has 3 rings (SSSR count). The van der Waals surface area contributed by atoms with Gasteiger partial charge in [-0.15, -0.1) is 0 Å². The van der Waals surface area contributed by atoms with Crippen molar-refractivity contribution in [3.05, 3.63) is 59.7 Å². The van der Waals surface area contributed by atoms with Crippen molar-refractivity contribution < 1.29 is 0 Å². The van der Waals surface area contributed by atoms with Crippen molar-refractivity contribution in [3.8, 4) is 11.1 Å². The summed E-state index contributed by atoms with van der Waals surface area (Å²) in [6.07, 6.45) is 1.02. The van der Waals surface area contributed by atoms with E-state index in [0.717, 1.165) is 6.42 Å². The topological polar surface area (TPSA) is 0 Å². The van der Waals surface area contributed by atoms with E-state index in [9.17, 15) is 0 Å². The van der Waals surface area contributed by atoms with Gasteiger partial charge in [-0.3, -0.25) is 0 Å². The Hall–Kier alpha value is -1.56. The van der Waals surface area contributed by atoms with Crippen LogP contribution in [0.15, 0.2) is 36.4 Å². The van der Waals surface area contributed by atoms with E-state index in [1.165, 1.54) is 22.3 Å². The highest BCUT2D eigenvalue weighted by Gasteiger charge is 2.16. The molecule has 0 amide bonds. The zero-order valence-electron chi connectivity index (χ0n) is 7.17. The predicted molar refractivity (Wildman–Crippen MR) is 52.4 cm³/mol. The fourth-order valence-corrected chi connectivity index (χ4v) is 1.93. The van der Waals surface area contributed by atoms with Crippen molar-refractivity contribution in [2.75, 3.05) is 0 Å². The van der Waals surface area contributed by atoms with E-state index < -0.39 is 0 Å². The van der Waals surface area contributed by atoms with Gasteiger partial charge in [0.1, 0.15) is 0 Å². The lowest BCUT2D eigenvalue weighted by molar-refractivity contribution is 1.26. The van der Waals surface area contributed by atoms with Gasteiger partial charge in [-0.25, -0.2) is 0 Å². The molecule has 60 valence electrons. The molecule has 0 bridgehead atoms. The lowest BCUT2D eigenvalue weighted by atomic mass is 10.1. The third-order valence-electron chi connectivity index (χ3n) is 2.55. The van der Waals surface area contributed by atoms with Crippen LogP contribution < -0.4 is 0 Å². The molecule has 0 aromatic heterocycles. The second-order valence-electron chi connectivity index (χ2n) is 3.32. The van der Waals surface area contributed by atoms with E-state index in [1.807, 2.05) is 18.2 Å². The Kier molecular flexibility index (Phi) is 1.31. The maximum absolute atomic E-state index is 3.28. The molecule has 0 fully saturated rings. The molecule has 0 atom stereocenters. The zero-order chi connectivity index (χ0) is 8.67. The molecule has 0 spiro atoms. The minimum atomic E-state index is 1.02. The van der Waals surface area contributed by atoms with Crippen molar-refractivity contribution in [1.82, 2.24) is 0 Å². The molecule has 0 unspecified atom stereocenters. The summed E-state index contributed by atoms with van der Waals surface area (Å²) in [7, 11) is 0. The lowest BCUT2D eigenvalue weighted by Gasteiger charge is -1.97. The highest BCUT2D eigenvalue weighted by molar-refractivity contribution is 5.76. The molecule has 2 aromatic rings. The second kappa shape index (κ2) is 2.46. The first-order chi connectivity index (χ1) is 6.45. The molecule has 0 heterocycles. The molecule has 0 saturated heterocycles. The average molecular weight is 164 g/mol. The smallest absolute Gasteiger partial charge is 0.000706 e. The van der Waals surface area contributed by atoms with Gasteiger partial charge in [0, 0.05) is 0 Å². The van der Waals surface area contributed by atoms with Crippen molar-refractivity contribution >= 4 is 0 Å². The van der Waals surface area contributed by atoms with Gasteiger partial charge in [0.05, 0.1) is 0 Å². The molecule has 0 N–H and O–H groups in total. The maximum Gasteiger partial charge on any atom is -0.000706 e. The summed E-state index contributed by atoms with van der Waals surface area (Å²) in [6.45, 7) is 0. The second-order valence-corrected chi connectivity index (χ2v) is 3.32. The molecular formula is C13H8. The average Bonchev–Trinajstić information content (AvgIpc) is 2.56. The minimum absolute atomic E-state index is 1.02. The van der Waals surface area contributed by atoms with Crippen LogP contribution in [0.5, 0.6) is 0 Å². The number of fused-ring (bicyclic) bond motifs is 3. The quantitative estimate of drug-likeness (QED) is 0.479. The van der Waals surface area contributed by atoms with Crippen LogP contribution in [0.2, 0.25) is 0 Å². The molecule has 2 aromatic carbocycles. The van der Waals surface area contributed by atoms with Crippen molar-refractivity contribution in [1.29, 1.82) is 0 Å². The van der Waals surface area contributed by atoms with Crippen LogP contribution in [0.1, 0.15) is 11.1 Å². The summed E-state index contributed by atoms with van der Waals surface area (Å²) in [5, 5.41) is 0. The molecule has 0 aliphatic heterocycles. The fraction of sp³-hybridized carbons (Fsp3) is 0.0769. The van der Waals surface area contributed by atoms with Gasteiger partial charge < -0.3 is 0 Å². The van der Waals surface area contributed by atoms with Crippen LogP contribution in [0, 0.1) is 12.1 Å². The molecular weight excluding hydrogens is 156 g/mol. The van der Waals surface area contributed by atoms with Crippen LogP contribution in [0.25, 0.3) is 11.1 Å². The van der Waals surface area contributed by atoms with Crippen LogP contribution in [-0.4, -0.2) is 0 Å².